The molecule has 0 aliphatic rings. The number of benzene rings is 2. The number of ether oxygens (including phenoxy) is 1. The van der Waals surface area contributed by atoms with Gasteiger partial charge < -0.3 is 9.72 Å². The normalized spacial score (nSPS) is 12.1. The van der Waals surface area contributed by atoms with Gasteiger partial charge in [0.25, 0.3) is 5.91 Å². The van der Waals surface area contributed by atoms with Gasteiger partial charge in [-0.25, -0.2) is 4.98 Å². The number of carbonyl (C=O) groups excluding carboxylic acids is 1. The number of carbonyl (C=O) groups is 1. The fourth-order valence-electron chi connectivity index (χ4n) is 2.01. The summed E-state index contributed by atoms with van der Waals surface area (Å²) in [5.41, 5.74) is 1.65. The van der Waals surface area contributed by atoms with Crippen molar-refractivity contribution in [3.8, 4) is 5.75 Å². The van der Waals surface area contributed by atoms with E-state index in [-0.39, 0.29) is 5.91 Å². The summed E-state index contributed by atoms with van der Waals surface area (Å²) in [5.74, 6) is 0.552. The lowest BCUT2D eigenvalue weighted by molar-refractivity contribution is -0.122. The van der Waals surface area contributed by atoms with Crippen LogP contribution in [-0.4, -0.2) is 22.0 Å². The number of nitrogens with zero attached hydrogens (tertiary/aromatic N) is 1. The Bertz CT molecular complexity index is 783. The molecule has 5 nitrogen and oxygen atoms in total. The molecule has 6 heteroatoms. The van der Waals surface area contributed by atoms with E-state index in [1.165, 1.54) is 0 Å². The number of halogens is 1. The van der Waals surface area contributed by atoms with E-state index < -0.39 is 6.10 Å². The number of nitrogens with one attached hydrogen (secondary N) is 2. The largest absolute Gasteiger partial charge is 0.479 e. The van der Waals surface area contributed by atoms with Crippen LogP contribution in [0.3, 0.4) is 0 Å². The lowest BCUT2D eigenvalue weighted by atomic mass is 10.3. The number of imidazole rings is 1. The Balaban J connectivity index is 1.69. The predicted molar refractivity (Wildman–Crippen MR) is 86.3 cm³/mol. The molecule has 0 radical (unpaired) electrons. The Hall–Kier alpha value is -2.53. The van der Waals surface area contributed by atoms with Gasteiger partial charge in [0.1, 0.15) is 5.75 Å². The third-order valence-corrected chi connectivity index (χ3v) is 3.45. The van der Waals surface area contributed by atoms with Gasteiger partial charge >= 0.3 is 0 Å². The molecule has 22 heavy (non-hydrogen) atoms. The molecule has 0 bridgehead atoms. The standard InChI is InChI=1S/C16H14ClN3O2/c1-10(22-14-9-5-2-6-11(14)17)15(21)20-16-18-12-7-3-4-8-13(12)19-16/h2-10H,1H3,(H2,18,19,20,21). The maximum absolute atomic E-state index is 12.2. The van der Waals surface area contributed by atoms with Gasteiger partial charge in [0.2, 0.25) is 5.95 Å². The van der Waals surface area contributed by atoms with Crippen molar-refractivity contribution >= 4 is 34.5 Å². The van der Waals surface area contributed by atoms with Crippen molar-refractivity contribution in [2.45, 2.75) is 13.0 Å². The van der Waals surface area contributed by atoms with Gasteiger partial charge in [-0.15, -0.1) is 0 Å². The van der Waals surface area contributed by atoms with Crippen molar-refractivity contribution in [1.29, 1.82) is 0 Å². The summed E-state index contributed by atoms with van der Waals surface area (Å²) in [7, 11) is 0. The fourth-order valence-corrected chi connectivity index (χ4v) is 2.19. The Labute approximate surface area is 132 Å². The molecule has 1 amide bonds. The summed E-state index contributed by atoms with van der Waals surface area (Å²) in [6.07, 6.45) is -0.701. The van der Waals surface area contributed by atoms with Crippen molar-refractivity contribution in [3.63, 3.8) is 0 Å². The Morgan fingerprint density at radius 1 is 1.23 bits per heavy atom. The summed E-state index contributed by atoms with van der Waals surface area (Å²) in [4.78, 5) is 19.5. The van der Waals surface area contributed by atoms with Crippen LogP contribution in [0.4, 0.5) is 5.95 Å². The van der Waals surface area contributed by atoms with Crippen molar-refractivity contribution in [2.24, 2.45) is 0 Å². The van der Waals surface area contributed by atoms with Crippen LogP contribution >= 0.6 is 11.6 Å². The molecule has 1 aromatic heterocycles. The molecule has 3 aromatic rings. The smallest absolute Gasteiger partial charge is 0.267 e. The molecule has 0 saturated heterocycles. The molecule has 1 heterocycles. The molecule has 1 atom stereocenters. The average Bonchev–Trinajstić information content (AvgIpc) is 2.91. The number of aromatic amines is 1. The van der Waals surface area contributed by atoms with E-state index in [4.69, 9.17) is 16.3 Å². The average molecular weight is 316 g/mol. The lowest BCUT2D eigenvalue weighted by Crippen LogP contribution is -2.30. The highest BCUT2D eigenvalue weighted by molar-refractivity contribution is 6.32. The molecular formula is C16H14ClN3O2. The summed E-state index contributed by atoms with van der Waals surface area (Å²) >= 11 is 6.01. The van der Waals surface area contributed by atoms with E-state index in [1.54, 1.807) is 31.2 Å². The maximum atomic E-state index is 12.2. The van der Waals surface area contributed by atoms with Crippen molar-refractivity contribution < 1.29 is 9.53 Å². The van der Waals surface area contributed by atoms with E-state index in [0.29, 0.717) is 16.7 Å². The zero-order valence-corrected chi connectivity index (χ0v) is 12.6. The molecule has 0 aliphatic carbocycles. The SMILES string of the molecule is CC(Oc1ccccc1Cl)C(=O)Nc1nc2ccccc2[nH]1. The van der Waals surface area contributed by atoms with Crippen LogP contribution in [0.25, 0.3) is 11.0 Å². The number of amides is 1. The highest BCUT2D eigenvalue weighted by atomic mass is 35.5. The zero-order valence-electron chi connectivity index (χ0n) is 11.8. The van der Waals surface area contributed by atoms with E-state index in [2.05, 4.69) is 15.3 Å². The van der Waals surface area contributed by atoms with Crippen LogP contribution in [-0.2, 0) is 4.79 Å². The minimum Gasteiger partial charge on any atom is -0.479 e. The highest BCUT2D eigenvalue weighted by Crippen LogP contribution is 2.24. The first kappa shape index (κ1) is 14.4. The topological polar surface area (TPSA) is 67.0 Å². The molecule has 2 N–H and O–H groups in total. The van der Waals surface area contributed by atoms with Crippen molar-refractivity contribution in [2.75, 3.05) is 5.32 Å². The van der Waals surface area contributed by atoms with E-state index in [9.17, 15) is 4.79 Å². The first-order valence-corrected chi connectivity index (χ1v) is 7.18. The number of hydrogen-bond acceptors (Lipinski definition) is 3. The summed E-state index contributed by atoms with van der Waals surface area (Å²) < 4.78 is 5.57. The summed E-state index contributed by atoms with van der Waals surface area (Å²) in [6, 6.07) is 14.6. The zero-order chi connectivity index (χ0) is 15.5. The molecule has 0 fully saturated rings. The van der Waals surface area contributed by atoms with E-state index in [0.717, 1.165) is 11.0 Å². The number of hydrogen-bond donors (Lipinski definition) is 2. The number of rotatable bonds is 4. The van der Waals surface area contributed by atoms with Gasteiger partial charge in [-0.05, 0) is 31.2 Å². The summed E-state index contributed by atoms with van der Waals surface area (Å²) in [6.45, 7) is 1.65. The second kappa shape index (κ2) is 6.07. The molecule has 0 aliphatic heterocycles. The van der Waals surface area contributed by atoms with Crippen molar-refractivity contribution in [1.82, 2.24) is 9.97 Å². The Morgan fingerprint density at radius 2 is 1.95 bits per heavy atom. The number of fused-ring (bicyclic) bond motifs is 1. The molecule has 1 unspecified atom stereocenters. The highest BCUT2D eigenvalue weighted by Gasteiger charge is 2.17. The van der Waals surface area contributed by atoms with Crippen LogP contribution in [0.15, 0.2) is 48.5 Å². The van der Waals surface area contributed by atoms with Crippen LogP contribution < -0.4 is 10.1 Å². The van der Waals surface area contributed by atoms with Gasteiger partial charge in [-0.3, -0.25) is 10.1 Å². The Morgan fingerprint density at radius 3 is 2.73 bits per heavy atom. The second-order valence-corrected chi connectivity index (χ2v) is 5.19. The van der Waals surface area contributed by atoms with Crippen LogP contribution in [0.1, 0.15) is 6.92 Å². The third kappa shape index (κ3) is 3.04. The number of H-pyrrole nitrogens is 1. The van der Waals surface area contributed by atoms with Gasteiger partial charge in [0, 0.05) is 0 Å². The maximum Gasteiger partial charge on any atom is 0.267 e. The quantitative estimate of drug-likeness (QED) is 0.772. The van der Waals surface area contributed by atoms with Crippen LogP contribution in [0.5, 0.6) is 5.75 Å². The predicted octanol–water partition coefficient (Wildman–Crippen LogP) is 3.62. The monoisotopic (exact) mass is 315 g/mol. The molecule has 0 saturated carbocycles. The number of anilines is 1. The van der Waals surface area contributed by atoms with Crippen LogP contribution in [0, 0.1) is 0 Å². The molecule has 2 aromatic carbocycles. The van der Waals surface area contributed by atoms with Crippen molar-refractivity contribution in [3.05, 3.63) is 53.6 Å². The van der Waals surface area contributed by atoms with Gasteiger partial charge in [0.15, 0.2) is 6.10 Å². The number of aromatic nitrogens is 2. The first-order valence-electron chi connectivity index (χ1n) is 6.80. The fraction of sp³-hybridized carbons (Fsp3) is 0.125. The summed E-state index contributed by atoms with van der Waals surface area (Å²) in [5, 5.41) is 3.16. The molecule has 0 spiro atoms. The van der Waals surface area contributed by atoms with Gasteiger partial charge in [-0.1, -0.05) is 35.9 Å². The Kier molecular flexibility index (Phi) is 3.98. The van der Waals surface area contributed by atoms with Gasteiger partial charge in [-0.2, -0.15) is 0 Å². The second-order valence-electron chi connectivity index (χ2n) is 4.78. The third-order valence-electron chi connectivity index (χ3n) is 3.14. The first-order chi connectivity index (χ1) is 10.6. The van der Waals surface area contributed by atoms with E-state index in [1.807, 2.05) is 24.3 Å². The van der Waals surface area contributed by atoms with Gasteiger partial charge in [0.05, 0.1) is 16.1 Å². The molecular weight excluding hydrogens is 302 g/mol. The van der Waals surface area contributed by atoms with Crippen LogP contribution in [0.2, 0.25) is 5.02 Å². The number of para-hydroxylation sites is 3. The molecule has 3 rings (SSSR count). The van der Waals surface area contributed by atoms with E-state index >= 15 is 0 Å². The molecule has 112 valence electrons. The lowest BCUT2D eigenvalue weighted by Gasteiger charge is -2.14. The minimum absolute atomic E-state index is 0.307. The minimum atomic E-state index is -0.701.